The normalized spacial score (nSPS) is 8.57. The number of hydrogen-bond acceptors (Lipinski definition) is 18. The molecule has 0 aliphatic rings. The molecule has 0 fully saturated rings. The van der Waals surface area contributed by atoms with E-state index in [1.54, 1.807) is 0 Å². The molecule has 0 radical (unpaired) electrons. The quantitative estimate of drug-likeness (QED) is 0.0616. The number of hydrogen-bond donors (Lipinski definition) is 12. The van der Waals surface area contributed by atoms with Crippen molar-refractivity contribution in [3.63, 3.8) is 0 Å². The van der Waals surface area contributed by atoms with Gasteiger partial charge in [0.05, 0.1) is 0 Å². The molecule has 0 rings (SSSR count). The number of halogens is 6. The van der Waals surface area contributed by atoms with E-state index in [1.807, 2.05) is 0 Å². The largest absolute Gasteiger partial charge is 0.857 e. The van der Waals surface area contributed by atoms with Gasteiger partial charge >= 0.3 is 0 Å². The van der Waals surface area contributed by atoms with E-state index in [9.17, 15) is 24.6 Å². The summed E-state index contributed by atoms with van der Waals surface area (Å²) in [6.07, 6.45) is 0. The Kier molecular flexibility index (Phi) is 147. The van der Waals surface area contributed by atoms with Gasteiger partial charge in [-0.05, 0) is 0 Å². The summed E-state index contributed by atoms with van der Waals surface area (Å²) in [5, 5.41) is 0. The summed E-state index contributed by atoms with van der Waals surface area (Å²) >= 11 is 0. The Labute approximate surface area is 240 Å². The molecule has 0 saturated carbocycles. The van der Waals surface area contributed by atoms with Gasteiger partial charge in [-0.2, -0.15) is 0 Å². The maximum Gasteiger partial charge on any atom is -0.0536 e. The van der Waals surface area contributed by atoms with Gasteiger partial charge in [0.15, 0.2) is 0 Å². The lowest BCUT2D eigenvalue weighted by Gasteiger charge is -2.44. The highest BCUT2D eigenvalue weighted by molar-refractivity contribution is 6.42. The Bertz CT molecular complexity index is 263. The van der Waals surface area contributed by atoms with Crippen LogP contribution in [-0.4, -0.2) is 54.8 Å². The van der Waals surface area contributed by atoms with Crippen LogP contribution in [0.3, 0.4) is 0 Å². The monoisotopic (exact) mass is 786 g/mol. The van der Waals surface area contributed by atoms with Gasteiger partial charge in [-0.15, -0.1) is 0 Å². The molecule has 0 unspecified atom stereocenters. The van der Waals surface area contributed by atoms with E-state index in [2.05, 4.69) is 0 Å². The second-order valence-electron chi connectivity index (χ2n) is 2.89. The van der Waals surface area contributed by atoms with Crippen molar-refractivity contribution >= 4 is 54.8 Å². The highest BCUT2D eigenvalue weighted by atomic mass is 28.4. The van der Waals surface area contributed by atoms with Gasteiger partial charge in [0, 0.05) is 0 Å². The van der Waals surface area contributed by atoms with Crippen LogP contribution in [0.1, 0.15) is 0 Å². The highest BCUT2D eigenvalue weighted by Gasteiger charge is 1.66. The van der Waals surface area contributed by atoms with Gasteiger partial charge in [-0.25, -0.2) is 0 Å². The molecule has 0 bridgehead atoms. The Morgan fingerprint density at radius 1 is 0.167 bits per heavy atom. The van der Waals surface area contributed by atoms with Gasteiger partial charge in [0.1, 0.15) is 0 Å². The van der Waals surface area contributed by atoms with Crippen molar-refractivity contribution in [3.8, 4) is 0 Å². The van der Waals surface area contributed by atoms with Crippen LogP contribution in [0.5, 0.6) is 0 Å². The number of quaternary nitrogens is 12. The fourth-order valence-electron chi connectivity index (χ4n) is 0. The van der Waals surface area contributed by atoms with Crippen LogP contribution in [0.2, 0.25) is 0 Å². The van der Waals surface area contributed by atoms with E-state index >= 15 is 0 Å². The molecule has 0 heterocycles. The summed E-state index contributed by atoms with van der Waals surface area (Å²) in [4.78, 5) is 152. The lowest BCUT2D eigenvalue weighted by Crippen LogP contribution is -2.69. The number of rotatable bonds is 0. The predicted octanol–water partition coefficient (Wildman–Crippen LogP) is -16.7. The molecule has 0 aromatic carbocycles. The molecule has 42 heavy (non-hydrogen) atoms. The van der Waals surface area contributed by atoms with Crippen molar-refractivity contribution in [2.45, 2.75) is 0 Å². The standard InChI is InChI=1S/6FO3Si.12H3N/c6*1-5(2,3)4;;;;;;;;;;;;/h;;;;;;12*1H3/q6*-3;;;;;;;;;;;;/p+12. The third-order valence-electron chi connectivity index (χ3n) is 0. The van der Waals surface area contributed by atoms with Crippen molar-refractivity contribution in [1.29, 1.82) is 0 Å². The van der Waals surface area contributed by atoms with E-state index in [0.717, 1.165) is 0 Å². The minimum atomic E-state index is -5.86. The minimum absolute atomic E-state index is 0. The maximum absolute atomic E-state index is 10.2. The molecule has 42 heteroatoms. The van der Waals surface area contributed by atoms with Crippen molar-refractivity contribution in [2.24, 2.45) is 0 Å². The van der Waals surface area contributed by atoms with E-state index in [-0.39, 0.29) is 73.8 Å². The highest BCUT2D eigenvalue weighted by Crippen LogP contribution is 1.59. The first-order valence-corrected chi connectivity index (χ1v) is 14.4. The fraction of sp³-hybridized carbons (Fsp3) is 0. The first-order chi connectivity index (χ1) is 12.0. The molecule has 0 spiro atoms. The molecule has 48 N–H and O–H groups in total. The SMILES string of the molecule is [NH4+].[NH4+].[NH4+].[NH4+].[NH4+].[NH4+].[NH4+].[NH4+].[NH4+].[NH4+].[NH4+].[NH4+].[O-][Si]([O-])([O-])F.[O-][Si]([O-])([O-])F.[O-][Si]([O-])([O-])F.[O-][Si]([O-])([O-])F.[O-][Si]([O-])([O-])F.[O-][Si]([O-])([O-])F. The van der Waals surface area contributed by atoms with Gasteiger partial charge in [-0.3, -0.25) is 0 Å². The second-order valence-corrected chi connectivity index (χ2v) is 8.67. The van der Waals surface area contributed by atoms with E-state index < -0.39 is 54.8 Å². The molecule has 0 atom stereocenters. The first-order valence-electron chi connectivity index (χ1n) is 4.81. The van der Waals surface area contributed by atoms with Crippen LogP contribution >= 0.6 is 0 Å². The average Bonchev–Trinajstić information content (AvgIpc) is 1.94. The van der Waals surface area contributed by atoms with Crippen LogP contribution in [0.25, 0.3) is 0 Å². The minimum Gasteiger partial charge on any atom is -0.857 e. The smallest absolute Gasteiger partial charge is 0.0536 e. The van der Waals surface area contributed by atoms with Crippen LogP contribution in [0.4, 0.5) is 24.6 Å². The molecule has 288 valence electrons. The molecule has 0 aromatic rings. The zero-order valence-electron chi connectivity index (χ0n) is 24.6. The summed E-state index contributed by atoms with van der Waals surface area (Å²) in [5.41, 5.74) is 0. The fourth-order valence-corrected chi connectivity index (χ4v) is 0. The molecule has 0 aliphatic heterocycles. The average molecular weight is 787 g/mol. The summed E-state index contributed by atoms with van der Waals surface area (Å²) in [7, 11) is -35.2. The first kappa shape index (κ1) is 123. The van der Waals surface area contributed by atoms with Gasteiger partial charge < -0.3 is 185 Å². The third kappa shape index (κ3) is 585000. The lowest BCUT2D eigenvalue weighted by atomic mass is 14.0. The summed E-state index contributed by atoms with van der Waals surface area (Å²) in [6.45, 7) is 0. The van der Waals surface area contributed by atoms with Gasteiger partial charge in [0.2, 0.25) is 0 Å². The Morgan fingerprint density at radius 2 is 0.167 bits per heavy atom. The molecule has 0 aromatic heterocycles. The van der Waals surface area contributed by atoms with Crippen molar-refractivity contribution in [3.05, 3.63) is 0 Å². The van der Waals surface area contributed by atoms with E-state index in [0.29, 0.717) is 0 Å². The van der Waals surface area contributed by atoms with Gasteiger partial charge in [-0.1, -0.05) is 54.8 Å². The van der Waals surface area contributed by atoms with Crippen molar-refractivity contribution in [1.82, 2.24) is 73.8 Å². The maximum atomic E-state index is 10.2. The molecule has 0 saturated heterocycles. The van der Waals surface area contributed by atoms with Gasteiger partial charge in [0.25, 0.3) is 0 Å². The summed E-state index contributed by atoms with van der Waals surface area (Å²) < 4.78 is 61.0. The molecular weight excluding hydrogens is 739 g/mol. The molecule has 0 aliphatic carbocycles. The topological polar surface area (TPSA) is 853 Å². The molecular formula is H48F6N12O18Si6-6. The Balaban J connectivity index is -0.00000000973. The summed E-state index contributed by atoms with van der Waals surface area (Å²) in [5.74, 6) is 0. The predicted molar refractivity (Wildman–Crippen MR) is 113 cm³/mol. The van der Waals surface area contributed by atoms with Crippen molar-refractivity contribution < 1.29 is 111 Å². The molecule has 30 nitrogen and oxygen atoms in total. The zero-order chi connectivity index (χ0) is 27.0. The van der Waals surface area contributed by atoms with Crippen LogP contribution < -0.4 is 160 Å². The summed E-state index contributed by atoms with van der Waals surface area (Å²) in [6, 6.07) is 0. The van der Waals surface area contributed by atoms with E-state index in [1.165, 1.54) is 0 Å². The van der Waals surface area contributed by atoms with Crippen LogP contribution in [0.15, 0.2) is 0 Å². The molecule has 0 amide bonds. The van der Waals surface area contributed by atoms with Crippen LogP contribution in [0, 0.1) is 0 Å². The van der Waals surface area contributed by atoms with E-state index in [4.69, 9.17) is 86.3 Å². The third-order valence-corrected chi connectivity index (χ3v) is 0. The van der Waals surface area contributed by atoms with Crippen LogP contribution in [-0.2, 0) is 0 Å². The zero-order valence-corrected chi connectivity index (χ0v) is 30.6. The van der Waals surface area contributed by atoms with Crippen molar-refractivity contribution in [2.75, 3.05) is 0 Å². The second kappa shape index (κ2) is 50.3. The lowest BCUT2D eigenvalue weighted by molar-refractivity contribution is -0.529. The Hall–Kier alpha value is -0.319. The Morgan fingerprint density at radius 3 is 0.167 bits per heavy atom.